The molecule has 1 aliphatic rings. The molecule has 0 bridgehead atoms. The van der Waals surface area contributed by atoms with Crippen LogP contribution in [0.1, 0.15) is 38.2 Å². The number of likely N-dealkylation sites (tertiary alicyclic amines) is 1. The van der Waals surface area contributed by atoms with Gasteiger partial charge in [0, 0.05) is 19.2 Å². The summed E-state index contributed by atoms with van der Waals surface area (Å²) < 4.78 is 5.47. The molecule has 1 aromatic rings. The van der Waals surface area contributed by atoms with Crippen molar-refractivity contribution in [3.05, 3.63) is 23.8 Å². The zero-order valence-corrected chi connectivity index (χ0v) is 13.1. The minimum atomic E-state index is 0.289. The molecule has 1 heterocycles. The van der Waals surface area contributed by atoms with E-state index in [1.54, 1.807) is 0 Å². The van der Waals surface area contributed by atoms with E-state index in [1.165, 1.54) is 24.8 Å². The summed E-state index contributed by atoms with van der Waals surface area (Å²) in [5.74, 6) is 0.775. The Hall–Kier alpha value is -1.26. The second kappa shape index (κ2) is 8.25. The largest absolute Gasteiger partial charge is 0.492 e. The first-order chi connectivity index (χ1) is 10.2. The molecule has 0 radical (unpaired) electrons. The molecule has 1 aromatic carbocycles. The molecule has 1 fully saturated rings. The van der Waals surface area contributed by atoms with Crippen molar-refractivity contribution in [1.82, 2.24) is 4.90 Å². The van der Waals surface area contributed by atoms with Gasteiger partial charge in [0.15, 0.2) is 0 Å². The summed E-state index contributed by atoms with van der Waals surface area (Å²) in [5.41, 5.74) is 8.00. The molecule has 3 N–H and O–H groups in total. The zero-order valence-electron chi connectivity index (χ0n) is 13.1. The van der Waals surface area contributed by atoms with Crippen molar-refractivity contribution >= 4 is 5.69 Å². The molecule has 0 spiro atoms. The second-order valence-corrected chi connectivity index (χ2v) is 5.75. The van der Waals surface area contributed by atoms with E-state index < -0.39 is 0 Å². The summed E-state index contributed by atoms with van der Waals surface area (Å²) >= 11 is 0. The SMILES string of the molecule is CCOc1ccc(CCN2CCCCC2CCO)cc1N. The number of hydrogen-bond acceptors (Lipinski definition) is 4. The van der Waals surface area contributed by atoms with E-state index in [4.69, 9.17) is 10.5 Å². The van der Waals surface area contributed by atoms with E-state index in [-0.39, 0.29) is 6.61 Å². The van der Waals surface area contributed by atoms with E-state index in [2.05, 4.69) is 11.0 Å². The molecule has 21 heavy (non-hydrogen) atoms. The van der Waals surface area contributed by atoms with Crippen molar-refractivity contribution < 1.29 is 9.84 Å². The van der Waals surface area contributed by atoms with E-state index in [0.29, 0.717) is 12.6 Å². The number of rotatable bonds is 7. The average Bonchev–Trinajstić information content (AvgIpc) is 2.49. The lowest BCUT2D eigenvalue weighted by Crippen LogP contribution is -2.41. The van der Waals surface area contributed by atoms with Gasteiger partial charge in [0.1, 0.15) is 5.75 Å². The fourth-order valence-electron chi connectivity index (χ4n) is 3.14. The molecule has 1 atom stereocenters. The predicted octanol–water partition coefficient (Wildman–Crippen LogP) is 2.45. The van der Waals surface area contributed by atoms with Crippen LogP contribution in [0.5, 0.6) is 5.75 Å². The molecule has 1 aliphatic heterocycles. The lowest BCUT2D eigenvalue weighted by atomic mass is 9.99. The minimum Gasteiger partial charge on any atom is -0.492 e. The topological polar surface area (TPSA) is 58.7 Å². The first-order valence-corrected chi connectivity index (χ1v) is 8.10. The fourth-order valence-corrected chi connectivity index (χ4v) is 3.14. The minimum absolute atomic E-state index is 0.289. The molecule has 1 unspecified atom stereocenters. The standard InChI is InChI=1S/C17H28N2O2/c1-2-21-17-7-6-14(13-16(17)18)8-11-19-10-4-3-5-15(19)9-12-20/h6-7,13,15,20H,2-5,8-12,18H2,1H3. The van der Waals surface area contributed by atoms with Crippen molar-refractivity contribution in [1.29, 1.82) is 0 Å². The van der Waals surface area contributed by atoms with Gasteiger partial charge in [0.05, 0.1) is 12.3 Å². The Balaban J connectivity index is 1.90. The van der Waals surface area contributed by atoms with Gasteiger partial charge in [0.25, 0.3) is 0 Å². The summed E-state index contributed by atoms with van der Waals surface area (Å²) in [4.78, 5) is 2.52. The van der Waals surface area contributed by atoms with Gasteiger partial charge >= 0.3 is 0 Å². The number of benzene rings is 1. The van der Waals surface area contributed by atoms with Gasteiger partial charge in [-0.25, -0.2) is 0 Å². The molecule has 2 rings (SSSR count). The molecule has 0 saturated carbocycles. The summed E-state index contributed by atoms with van der Waals surface area (Å²) in [6, 6.07) is 6.64. The third-order valence-corrected chi connectivity index (χ3v) is 4.27. The van der Waals surface area contributed by atoms with Gasteiger partial charge in [-0.15, -0.1) is 0 Å². The van der Waals surface area contributed by atoms with Crippen molar-refractivity contribution in [2.45, 2.75) is 45.1 Å². The fraction of sp³-hybridized carbons (Fsp3) is 0.647. The predicted molar refractivity (Wildman–Crippen MR) is 86.6 cm³/mol. The van der Waals surface area contributed by atoms with Gasteiger partial charge in [-0.1, -0.05) is 12.5 Å². The zero-order chi connectivity index (χ0) is 15.1. The first-order valence-electron chi connectivity index (χ1n) is 8.10. The quantitative estimate of drug-likeness (QED) is 0.758. The van der Waals surface area contributed by atoms with E-state index in [0.717, 1.165) is 37.4 Å². The normalized spacial score (nSPS) is 19.6. The van der Waals surface area contributed by atoms with Gasteiger partial charge in [-0.2, -0.15) is 0 Å². The maximum Gasteiger partial charge on any atom is 0.142 e. The van der Waals surface area contributed by atoms with Crippen molar-refractivity contribution in [3.8, 4) is 5.75 Å². The summed E-state index contributed by atoms with van der Waals surface area (Å²) in [6.07, 6.45) is 5.67. The molecule has 0 aromatic heterocycles. The molecule has 4 nitrogen and oxygen atoms in total. The van der Waals surface area contributed by atoms with Crippen LogP contribution in [-0.4, -0.2) is 42.4 Å². The van der Waals surface area contributed by atoms with Crippen LogP contribution in [0, 0.1) is 0 Å². The monoisotopic (exact) mass is 292 g/mol. The number of nitrogen functional groups attached to an aromatic ring is 1. The summed E-state index contributed by atoms with van der Waals surface area (Å²) in [7, 11) is 0. The van der Waals surface area contributed by atoms with Crippen LogP contribution in [-0.2, 0) is 6.42 Å². The van der Waals surface area contributed by atoms with Crippen molar-refractivity contribution in [3.63, 3.8) is 0 Å². The Morgan fingerprint density at radius 1 is 1.38 bits per heavy atom. The molecule has 0 amide bonds. The Labute approximate surface area is 127 Å². The van der Waals surface area contributed by atoms with Crippen LogP contribution in [0.3, 0.4) is 0 Å². The molecular weight excluding hydrogens is 264 g/mol. The molecule has 1 saturated heterocycles. The van der Waals surface area contributed by atoms with Gasteiger partial charge in [0.2, 0.25) is 0 Å². The number of piperidine rings is 1. The summed E-state index contributed by atoms with van der Waals surface area (Å²) in [5, 5.41) is 9.18. The number of nitrogens with two attached hydrogens (primary N) is 1. The molecule has 4 heteroatoms. The van der Waals surface area contributed by atoms with Crippen LogP contribution in [0.2, 0.25) is 0 Å². The maximum atomic E-state index is 9.18. The maximum absolute atomic E-state index is 9.18. The number of hydrogen-bond donors (Lipinski definition) is 2. The highest BCUT2D eigenvalue weighted by Crippen LogP contribution is 2.24. The van der Waals surface area contributed by atoms with Crippen LogP contribution in [0.4, 0.5) is 5.69 Å². The van der Waals surface area contributed by atoms with Crippen LogP contribution < -0.4 is 10.5 Å². The van der Waals surface area contributed by atoms with E-state index >= 15 is 0 Å². The average molecular weight is 292 g/mol. The molecule has 118 valence electrons. The Bertz CT molecular complexity index is 435. The third kappa shape index (κ3) is 4.61. The van der Waals surface area contributed by atoms with Crippen LogP contribution in [0.15, 0.2) is 18.2 Å². The highest BCUT2D eigenvalue weighted by molar-refractivity contribution is 5.54. The molecular formula is C17H28N2O2. The van der Waals surface area contributed by atoms with Crippen molar-refractivity contribution in [2.75, 3.05) is 32.0 Å². The Morgan fingerprint density at radius 3 is 2.95 bits per heavy atom. The highest BCUT2D eigenvalue weighted by atomic mass is 16.5. The number of nitrogens with zero attached hydrogens (tertiary/aromatic N) is 1. The van der Waals surface area contributed by atoms with E-state index in [9.17, 15) is 5.11 Å². The van der Waals surface area contributed by atoms with Crippen LogP contribution >= 0.6 is 0 Å². The van der Waals surface area contributed by atoms with Gasteiger partial charge < -0.3 is 15.6 Å². The van der Waals surface area contributed by atoms with Crippen LogP contribution in [0.25, 0.3) is 0 Å². The Kier molecular flexibility index (Phi) is 6.33. The third-order valence-electron chi connectivity index (χ3n) is 4.27. The molecule has 0 aliphatic carbocycles. The van der Waals surface area contributed by atoms with Gasteiger partial charge in [-0.05, 0) is 56.8 Å². The lowest BCUT2D eigenvalue weighted by Gasteiger charge is -2.35. The lowest BCUT2D eigenvalue weighted by molar-refractivity contribution is 0.120. The highest BCUT2D eigenvalue weighted by Gasteiger charge is 2.21. The summed E-state index contributed by atoms with van der Waals surface area (Å²) in [6.45, 7) is 5.08. The van der Waals surface area contributed by atoms with Gasteiger partial charge in [-0.3, -0.25) is 4.90 Å². The smallest absolute Gasteiger partial charge is 0.142 e. The first kappa shape index (κ1) is 16.1. The number of aliphatic hydroxyl groups excluding tert-OH is 1. The number of anilines is 1. The van der Waals surface area contributed by atoms with E-state index in [1.807, 2.05) is 19.1 Å². The number of aliphatic hydroxyl groups is 1. The number of ether oxygens (including phenoxy) is 1. The van der Waals surface area contributed by atoms with Crippen molar-refractivity contribution in [2.24, 2.45) is 0 Å². The Morgan fingerprint density at radius 2 is 2.24 bits per heavy atom. The second-order valence-electron chi connectivity index (χ2n) is 5.75.